The Kier molecular flexibility index (Phi) is 8.13. The fraction of sp³-hybridized carbons (Fsp3) is 0.0435. The molecule has 30 heavy (non-hydrogen) atoms. The van der Waals surface area contributed by atoms with Gasteiger partial charge in [-0.05, 0) is 105 Å². The second-order valence-corrected chi connectivity index (χ2v) is 9.08. The van der Waals surface area contributed by atoms with Gasteiger partial charge >= 0.3 is 0 Å². The summed E-state index contributed by atoms with van der Waals surface area (Å²) in [5, 5.41) is 12.6. The number of carbonyl (C=O) groups excluding carboxylic acids is 1. The van der Waals surface area contributed by atoms with Crippen LogP contribution in [0.15, 0.2) is 72.3 Å². The number of carbonyl (C=O) groups is 1. The van der Waals surface area contributed by atoms with Crippen LogP contribution in [-0.4, -0.2) is 5.91 Å². The van der Waals surface area contributed by atoms with E-state index in [9.17, 15) is 10.1 Å². The lowest BCUT2D eigenvalue weighted by atomic mass is 10.1. The molecule has 0 aliphatic heterocycles. The SMILES string of the molecule is N#C/C(=C\c1ccc(OCc2ccc(I)cc2)c(I)c1)C(=O)Nc1cccc(Cl)c1. The van der Waals surface area contributed by atoms with E-state index in [0.29, 0.717) is 17.3 Å². The summed E-state index contributed by atoms with van der Waals surface area (Å²) in [7, 11) is 0. The van der Waals surface area contributed by atoms with Gasteiger partial charge in [-0.2, -0.15) is 5.26 Å². The lowest BCUT2D eigenvalue weighted by Gasteiger charge is -2.09. The maximum Gasteiger partial charge on any atom is 0.266 e. The van der Waals surface area contributed by atoms with Crippen LogP contribution in [0.1, 0.15) is 11.1 Å². The summed E-state index contributed by atoms with van der Waals surface area (Å²) < 4.78 is 7.96. The van der Waals surface area contributed by atoms with Gasteiger partial charge in [-0.1, -0.05) is 35.9 Å². The first-order valence-corrected chi connectivity index (χ1v) is 11.3. The lowest BCUT2D eigenvalue weighted by molar-refractivity contribution is -0.112. The van der Waals surface area contributed by atoms with Crippen molar-refractivity contribution in [1.82, 2.24) is 0 Å². The van der Waals surface area contributed by atoms with Gasteiger partial charge in [-0.25, -0.2) is 0 Å². The summed E-state index contributed by atoms with van der Waals surface area (Å²) in [6.07, 6.45) is 1.55. The van der Waals surface area contributed by atoms with Crippen LogP contribution in [0, 0.1) is 18.5 Å². The molecule has 0 aromatic heterocycles. The van der Waals surface area contributed by atoms with Crippen LogP contribution >= 0.6 is 56.8 Å². The smallest absolute Gasteiger partial charge is 0.266 e. The van der Waals surface area contributed by atoms with E-state index in [4.69, 9.17) is 16.3 Å². The first-order chi connectivity index (χ1) is 14.4. The summed E-state index contributed by atoms with van der Waals surface area (Å²) in [4.78, 5) is 12.4. The van der Waals surface area contributed by atoms with Gasteiger partial charge in [0, 0.05) is 14.3 Å². The van der Waals surface area contributed by atoms with Crippen molar-refractivity contribution in [1.29, 1.82) is 5.26 Å². The van der Waals surface area contributed by atoms with E-state index in [0.717, 1.165) is 20.4 Å². The van der Waals surface area contributed by atoms with E-state index in [1.54, 1.807) is 30.3 Å². The van der Waals surface area contributed by atoms with Crippen molar-refractivity contribution in [3.05, 3.63) is 95.6 Å². The number of hydrogen-bond acceptors (Lipinski definition) is 3. The molecule has 0 aliphatic rings. The molecular weight excluding hydrogens is 626 g/mol. The number of ether oxygens (including phenoxy) is 1. The molecule has 7 heteroatoms. The Morgan fingerprint density at radius 2 is 1.87 bits per heavy atom. The van der Waals surface area contributed by atoms with Crippen LogP contribution in [0.4, 0.5) is 5.69 Å². The number of benzene rings is 3. The Morgan fingerprint density at radius 1 is 1.10 bits per heavy atom. The first-order valence-electron chi connectivity index (χ1n) is 8.80. The largest absolute Gasteiger partial charge is 0.488 e. The monoisotopic (exact) mass is 640 g/mol. The van der Waals surface area contributed by atoms with Gasteiger partial charge in [0.1, 0.15) is 24.0 Å². The molecule has 3 rings (SSSR count). The van der Waals surface area contributed by atoms with Crippen molar-refractivity contribution < 1.29 is 9.53 Å². The van der Waals surface area contributed by atoms with Crippen LogP contribution in [0.2, 0.25) is 5.02 Å². The Hall–Kier alpha value is -2.09. The highest BCUT2D eigenvalue weighted by Crippen LogP contribution is 2.25. The van der Waals surface area contributed by atoms with E-state index < -0.39 is 5.91 Å². The van der Waals surface area contributed by atoms with Crippen LogP contribution in [-0.2, 0) is 11.4 Å². The average molecular weight is 641 g/mol. The Labute approximate surface area is 207 Å². The number of nitriles is 1. The number of nitrogens with one attached hydrogen (secondary N) is 1. The number of hydrogen-bond donors (Lipinski definition) is 1. The highest BCUT2D eigenvalue weighted by atomic mass is 127. The molecule has 3 aromatic carbocycles. The normalized spacial score (nSPS) is 10.9. The predicted molar refractivity (Wildman–Crippen MR) is 136 cm³/mol. The van der Waals surface area contributed by atoms with E-state index in [-0.39, 0.29) is 5.57 Å². The molecule has 0 bridgehead atoms. The fourth-order valence-corrected chi connectivity index (χ4v) is 3.79. The minimum Gasteiger partial charge on any atom is -0.488 e. The maximum absolute atomic E-state index is 12.4. The zero-order valence-corrected chi connectivity index (χ0v) is 20.6. The molecule has 150 valence electrons. The van der Waals surface area contributed by atoms with Gasteiger partial charge in [0.05, 0.1) is 3.57 Å². The lowest BCUT2D eigenvalue weighted by Crippen LogP contribution is -2.13. The van der Waals surface area contributed by atoms with Gasteiger partial charge < -0.3 is 10.1 Å². The zero-order chi connectivity index (χ0) is 21.5. The number of nitrogens with zero attached hydrogens (tertiary/aromatic N) is 1. The van der Waals surface area contributed by atoms with E-state index in [1.165, 1.54) is 3.57 Å². The highest BCUT2D eigenvalue weighted by Gasteiger charge is 2.11. The number of anilines is 1. The molecule has 0 saturated carbocycles. The minimum atomic E-state index is -0.492. The third kappa shape index (κ3) is 6.45. The minimum absolute atomic E-state index is 0.00154. The first kappa shape index (κ1) is 22.6. The predicted octanol–water partition coefficient (Wildman–Crippen LogP) is 6.67. The quantitative estimate of drug-likeness (QED) is 0.186. The van der Waals surface area contributed by atoms with E-state index >= 15 is 0 Å². The van der Waals surface area contributed by atoms with Crippen LogP contribution in [0.5, 0.6) is 5.75 Å². The Bertz CT molecular complexity index is 1140. The number of rotatable bonds is 6. The highest BCUT2D eigenvalue weighted by molar-refractivity contribution is 14.1. The summed E-state index contributed by atoms with van der Waals surface area (Å²) in [6, 6.07) is 22.4. The van der Waals surface area contributed by atoms with Crippen LogP contribution < -0.4 is 10.1 Å². The molecule has 1 N–H and O–H groups in total. The molecule has 0 unspecified atom stereocenters. The standard InChI is InChI=1S/C23H15ClI2N2O2/c24-18-2-1-3-20(12-18)28-23(29)17(13-27)10-16-6-9-22(21(26)11-16)30-14-15-4-7-19(25)8-5-15/h1-12H,14H2,(H,28,29)/b17-10+. The van der Waals surface area contributed by atoms with Gasteiger partial charge in [-0.3, -0.25) is 4.79 Å². The third-order valence-corrected chi connectivity index (χ3v) is 5.82. The second-order valence-electron chi connectivity index (χ2n) is 6.24. The third-order valence-electron chi connectivity index (χ3n) is 4.02. The Balaban J connectivity index is 1.70. The summed E-state index contributed by atoms with van der Waals surface area (Å²) in [6.45, 7) is 0.466. The maximum atomic E-state index is 12.4. The van der Waals surface area contributed by atoms with Crippen molar-refractivity contribution in [2.45, 2.75) is 6.61 Å². The molecule has 3 aromatic rings. The van der Waals surface area contributed by atoms with E-state index in [1.807, 2.05) is 48.5 Å². The van der Waals surface area contributed by atoms with Crippen molar-refractivity contribution >= 4 is 74.5 Å². The molecule has 4 nitrogen and oxygen atoms in total. The fourth-order valence-electron chi connectivity index (χ4n) is 2.55. The topological polar surface area (TPSA) is 62.1 Å². The van der Waals surface area contributed by atoms with Gasteiger partial charge in [-0.15, -0.1) is 0 Å². The van der Waals surface area contributed by atoms with Gasteiger partial charge in [0.15, 0.2) is 0 Å². The number of amides is 1. The second kappa shape index (κ2) is 10.8. The number of halogens is 3. The van der Waals surface area contributed by atoms with Crippen molar-refractivity contribution in [2.24, 2.45) is 0 Å². The van der Waals surface area contributed by atoms with Crippen molar-refractivity contribution in [3.63, 3.8) is 0 Å². The molecule has 0 fully saturated rings. The van der Waals surface area contributed by atoms with Crippen molar-refractivity contribution in [3.8, 4) is 11.8 Å². The van der Waals surface area contributed by atoms with Crippen LogP contribution in [0.3, 0.4) is 0 Å². The summed E-state index contributed by atoms with van der Waals surface area (Å²) in [5.41, 5.74) is 2.35. The van der Waals surface area contributed by atoms with E-state index in [2.05, 4.69) is 50.5 Å². The molecule has 0 spiro atoms. The average Bonchev–Trinajstić information content (AvgIpc) is 2.72. The van der Waals surface area contributed by atoms with Gasteiger partial charge in [0.25, 0.3) is 5.91 Å². The molecule has 0 heterocycles. The molecule has 0 saturated heterocycles. The van der Waals surface area contributed by atoms with Gasteiger partial charge in [0.2, 0.25) is 0 Å². The van der Waals surface area contributed by atoms with Crippen LogP contribution in [0.25, 0.3) is 6.08 Å². The summed E-state index contributed by atoms with van der Waals surface area (Å²) in [5.74, 6) is 0.252. The molecule has 0 atom stereocenters. The molecule has 0 radical (unpaired) electrons. The summed E-state index contributed by atoms with van der Waals surface area (Å²) >= 11 is 10.4. The molecule has 1 amide bonds. The molecule has 0 aliphatic carbocycles. The Morgan fingerprint density at radius 3 is 2.53 bits per heavy atom. The zero-order valence-electron chi connectivity index (χ0n) is 15.5. The molecular formula is C23H15ClI2N2O2. The van der Waals surface area contributed by atoms with Crippen molar-refractivity contribution in [2.75, 3.05) is 5.32 Å².